The van der Waals surface area contributed by atoms with Gasteiger partial charge in [0.25, 0.3) is 0 Å². The molecule has 1 aliphatic carbocycles. The van der Waals surface area contributed by atoms with E-state index in [1.54, 1.807) is 12.4 Å². The summed E-state index contributed by atoms with van der Waals surface area (Å²) in [6.07, 6.45) is 9.29. The molecule has 0 radical (unpaired) electrons. The van der Waals surface area contributed by atoms with Crippen LogP contribution in [0, 0.1) is 5.92 Å². The Morgan fingerprint density at radius 3 is 2.56 bits per heavy atom. The van der Waals surface area contributed by atoms with Gasteiger partial charge in [-0.05, 0) is 31.0 Å². The molecule has 2 aliphatic rings. The normalized spacial score (nSPS) is 17.3. The number of fused-ring (bicyclic) bond motifs is 1. The van der Waals surface area contributed by atoms with Gasteiger partial charge in [0.15, 0.2) is 5.82 Å². The number of carbonyl (C=O) groups excluding carboxylic acids is 1. The number of anilines is 3. The lowest BCUT2D eigenvalue weighted by Gasteiger charge is -2.36. The van der Waals surface area contributed by atoms with Crippen LogP contribution in [-0.4, -0.2) is 51.7 Å². The molecule has 4 heterocycles. The Balaban J connectivity index is 1.23. The molecule has 0 bridgehead atoms. The lowest BCUT2D eigenvalue weighted by Crippen LogP contribution is -2.47. The number of piperazine rings is 1. The first-order valence-electron chi connectivity index (χ1n) is 9.33. The van der Waals surface area contributed by atoms with E-state index in [1.807, 2.05) is 35.1 Å². The molecule has 138 valence electrons. The van der Waals surface area contributed by atoms with E-state index >= 15 is 0 Å². The first-order chi connectivity index (χ1) is 13.3. The molecule has 27 heavy (non-hydrogen) atoms. The smallest absolute Gasteiger partial charge is 0.228 e. The summed E-state index contributed by atoms with van der Waals surface area (Å²) in [5.41, 5.74) is 2.11. The zero-order chi connectivity index (χ0) is 18.2. The van der Waals surface area contributed by atoms with E-state index in [0.29, 0.717) is 5.82 Å². The van der Waals surface area contributed by atoms with Gasteiger partial charge in [0, 0.05) is 44.5 Å². The van der Waals surface area contributed by atoms with Gasteiger partial charge >= 0.3 is 0 Å². The minimum Gasteiger partial charge on any atom is -0.367 e. The number of hydrogen-bond donors (Lipinski definition) is 1. The second-order valence-electron chi connectivity index (χ2n) is 7.05. The van der Waals surface area contributed by atoms with Gasteiger partial charge in [-0.15, -0.1) is 0 Å². The highest BCUT2D eigenvalue weighted by molar-refractivity contribution is 5.93. The molecule has 3 aromatic heterocycles. The highest BCUT2D eigenvalue weighted by Gasteiger charge is 2.29. The molecular weight excluding hydrogens is 342 g/mol. The number of amides is 1. The van der Waals surface area contributed by atoms with Crippen molar-refractivity contribution in [2.75, 3.05) is 41.3 Å². The minimum atomic E-state index is 0.0883. The molecule has 0 aromatic carbocycles. The third kappa shape index (κ3) is 3.18. The van der Waals surface area contributed by atoms with Crippen molar-refractivity contribution in [2.24, 2.45) is 5.92 Å². The van der Waals surface area contributed by atoms with Crippen molar-refractivity contribution in [1.82, 2.24) is 19.6 Å². The van der Waals surface area contributed by atoms with Gasteiger partial charge in [-0.2, -0.15) is 5.10 Å². The molecule has 1 saturated heterocycles. The summed E-state index contributed by atoms with van der Waals surface area (Å²) in [4.78, 5) is 25.4. The molecule has 1 aliphatic heterocycles. The monoisotopic (exact) mass is 363 g/mol. The maximum atomic E-state index is 11.8. The molecule has 1 saturated carbocycles. The predicted molar refractivity (Wildman–Crippen MR) is 103 cm³/mol. The van der Waals surface area contributed by atoms with Crippen LogP contribution in [0.2, 0.25) is 0 Å². The van der Waals surface area contributed by atoms with E-state index in [2.05, 4.69) is 30.2 Å². The molecule has 0 atom stereocenters. The second-order valence-corrected chi connectivity index (χ2v) is 7.05. The zero-order valence-electron chi connectivity index (χ0n) is 15.0. The Kier molecular flexibility index (Phi) is 3.88. The Hall–Kier alpha value is -3.16. The van der Waals surface area contributed by atoms with Crippen LogP contribution in [0.15, 0.2) is 43.0 Å². The van der Waals surface area contributed by atoms with E-state index < -0.39 is 0 Å². The highest BCUT2D eigenvalue weighted by atomic mass is 16.2. The summed E-state index contributed by atoms with van der Waals surface area (Å²) in [6, 6.07) is 5.91. The lowest BCUT2D eigenvalue weighted by atomic mass is 10.2. The van der Waals surface area contributed by atoms with Crippen LogP contribution in [0.25, 0.3) is 5.52 Å². The summed E-state index contributed by atoms with van der Waals surface area (Å²) in [5.74, 6) is 1.88. The van der Waals surface area contributed by atoms with Gasteiger partial charge in [-0.25, -0.2) is 14.5 Å². The van der Waals surface area contributed by atoms with Crippen molar-refractivity contribution < 1.29 is 4.79 Å². The molecule has 0 spiro atoms. The minimum absolute atomic E-state index is 0.0883. The molecule has 3 aromatic rings. The van der Waals surface area contributed by atoms with E-state index in [0.717, 1.165) is 56.0 Å². The van der Waals surface area contributed by atoms with E-state index in [4.69, 9.17) is 0 Å². The fourth-order valence-corrected chi connectivity index (χ4v) is 3.48. The van der Waals surface area contributed by atoms with Crippen LogP contribution in [0.4, 0.5) is 17.3 Å². The Bertz CT molecular complexity index is 956. The summed E-state index contributed by atoms with van der Waals surface area (Å²) >= 11 is 0. The molecule has 5 rings (SSSR count). The Labute approximate surface area is 156 Å². The van der Waals surface area contributed by atoms with E-state index in [-0.39, 0.29) is 11.8 Å². The molecule has 2 fully saturated rings. The number of carbonyl (C=O) groups is 1. The van der Waals surface area contributed by atoms with Crippen LogP contribution in [0.1, 0.15) is 12.8 Å². The van der Waals surface area contributed by atoms with Crippen molar-refractivity contribution in [3.63, 3.8) is 0 Å². The number of pyridine rings is 1. The number of nitrogens with zero attached hydrogens (tertiary/aromatic N) is 6. The molecule has 1 N–H and O–H groups in total. The number of rotatable bonds is 4. The Morgan fingerprint density at radius 2 is 1.81 bits per heavy atom. The second kappa shape index (κ2) is 6.53. The van der Waals surface area contributed by atoms with Crippen molar-refractivity contribution in [2.45, 2.75) is 12.8 Å². The maximum absolute atomic E-state index is 11.8. The summed E-state index contributed by atoms with van der Waals surface area (Å²) < 4.78 is 1.85. The topological polar surface area (TPSA) is 78.7 Å². The van der Waals surface area contributed by atoms with Crippen molar-refractivity contribution in [3.8, 4) is 0 Å². The first kappa shape index (κ1) is 16.0. The lowest BCUT2D eigenvalue weighted by molar-refractivity contribution is -0.117. The first-order valence-corrected chi connectivity index (χ1v) is 9.33. The number of nitrogens with one attached hydrogen (secondary N) is 1. The average molecular weight is 363 g/mol. The number of hydrogen-bond acceptors (Lipinski definition) is 6. The Morgan fingerprint density at radius 1 is 1.00 bits per heavy atom. The van der Waals surface area contributed by atoms with Gasteiger partial charge in [0.05, 0.1) is 18.1 Å². The van der Waals surface area contributed by atoms with E-state index in [9.17, 15) is 4.79 Å². The molecule has 1 amide bonds. The fourth-order valence-electron chi connectivity index (χ4n) is 3.48. The van der Waals surface area contributed by atoms with Crippen molar-refractivity contribution >= 4 is 28.7 Å². The molecule has 8 nitrogen and oxygen atoms in total. The average Bonchev–Trinajstić information content (AvgIpc) is 3.46. The van der Waals surface area contributed by atoms with E-state index in [1.165, 1.54) is 0 Å². The fraction of sp³-hybridized carbons (Fsp3) is 0.368. The van der Waals surface area contributed by atoms with Crippen LogP contribution in [0.5, 0.6) is 0 Å². The predicted octanol–water partition coefficient (Wildman–Crippen LogP) is 1.80. The SMILES string of the molecule is O=C(Nc1ccc(N2CCN(c3nccn4nccc34)CC2)cn1)C1CC1. The summed E-state index contributed by atoms with van der Waals surface area (Å²) in [7, 11) is 0. The molecule has 0 unspecified atom stereocenters. The van der Waals surface area contributed by atoms with Gasteiger partial charge in [-0.3, -0.25) is 4.79 Å². The third-order valence-corrected chi connectivity index (χ3v) is 5.20. The molecular formula is C19H21N7O. The summed E-state index contributed by atoms with van der Waals surface area (Å²) in [5, 5.41) is 7.17. The zero-order valence-corrected chi connectivity index (χ0v) is 15.0. The third-order valence-electron chi connectivity index (χ3n) is 5.20. The van der Waals surface area contributed by atoms with Gasteiger partial charge in [0.2, 0.25) is 5.91 Å². The van der Waals surface area contributed by atoms with Crippen LogP contribution in [0.3, 0.4) is 0 Å². The number of aromatic nitrogens is 4. The molecule has 8 heteroatoms. The van der Waals surface area contributed by atoms with Crippen LogP contribution in [-0.2, 0) is 4.79 Å². The largest absolute Gasteiger partial charge is 0.367 e. The van der Waals surface area contributed by atoms with Crippen molar-refractivity contribution in [1.29, 1.82) is 0 Å². The van der Waals surface area contributed by atoms with Crippen molar-refractivity contribution in [3.05, 3.63) is 43.0 Å². The quantitative estimate of drug-likeness (QED) is 0.762. The standard InChI is InChI=1S/C19H21N7O/c27-19(14-1-2-14)23-17-4-3-15(13-21-17)24-9-11-25(12-10-24)18-16-5-6-22-26(16)8-7-20-18/h3-8,13-14H,1-2,9-12H2,(H,21,23,27). The van der Waals surface area contributed by atoms with Gasteiger partial charge in [-0.1, -0.05) is 0 Å². The van der Waals surface area contributed by atoms with Gasteiger partial charge < -0.3 is 15.1 Å². The van der Waals surface area contributed by atoms with Gasteiger partial charge in [0.1, 0.15) is 11.3 Å². The highest BCUT2D eigenvalue weighted by Crippen LogP contribution is 2.30. The summed E-state index contributed by atoms with van der Waals surface area (Å²) in [6.45, 7) is 3.56. The van der Waals surface area contributed by atoms with Crippen LogP contribution < -0.4 is 15.1 Å². The van der Waals surface area contributed by atoms with Crippen LogP contribution >= 0.6 is 0 Å². The maximum Gasteiger partial charge on any atom is 0.228 e.